The third kappa shape index (κ3) is 5.93. The van der Waals surface area contributed by atoms with Gasteiger partial charge >= 0.3 is 0 Å². The lowest BCUT2D eigenvalue weighted by atomic mass is 10.2. The van der Waals surface area contributed by atoms with Crippen molar-refractivity contribution in [2.24, 2.45) is 0 Å². The van der Waals surface area contributed by atoms with Gasteiger partial charge in [-0.25, -0.2) is 0 Å². The monoisotopic (exact) mass is 377 g/mol. The number of likely N-dealkylation sites (N-methyl/N-ethyl adjacent to an activating group) is 1. The Kier molecular flexibility index (Phi) is 7.30. The minimum absolute atomic E-state index is 0.0760. The zero-order valence-corrected chi connectivity index (χ0v) is 15.9. The summed E-state index contributed by atoms with van der Waals surface area (Å²) in [5.41, 5.74) is 0.901. The molecule has 0 spiro atoms. The summed E-state index contributed by atoms with van der Waals surface area (Å²) in [6, 6.07) is 14.4. The van der Waals surface area contributed by atoms with Crippen molar-refractivity contribution in [3.05, 3.63) is 59.1 Å². The predicted molar refractivity (Wildman–Crippen MR) is 102 cm³/mol. The quantitative estimate of drug-likeness (QED) is 0.766. The Morgan fingerprint density at radius 1 is 1.19 bits per heavy atom. The van der Waals surface area contributed by atoms with Crippen LogP contribution in [0.5, 0.6) is 11.5 Å². The molecule has 2 aromatic carbocycles. The highest BCUT2D eigenvalue weighted by Gasteiger charge is 2.21. The van der Waals surface area contributed by atoms with Crippen molar-refractivity contribution in [2.75, 3.05) is 20.2 Å². The summed E-state index contributed by atoms with van der Waals surface area (Å²) in [5.74, 6) is 1.04. The highest BCUT2D eigenvalue weighted by molar-refractivity contribution is 6.31. The molecule has 140 valence electrons. The number of rotatable bonds is 8. The van der Waals surface area contributed by atoms with Gasteiger partial charge in [0.15, 0.2) is 6.10 Å². The maximum Gasteiger partial charge on any atom is 0.263 e. The van der Waals surface area contributed by atoms with Crippen LogP contribution in [-0.4, -0.2) is 48.3 Å². The van der Waals surface area contributed by atoms with Crippen molar-refractivity contribution in [1.82, 2.24) is 4.90 Å². The molecular weight excluding hydrogens is 354 g/mol. The van der Waals surface area contributed by atoms with E-state index in [1.54, 1.807) is 44.3 Å². The number of nitrogens with zero attached hydrogens (tertiary/aromatic N) is 1. The van der Waals surface area contributed by atoms with Crippen LogP contribution < -0.4 is 9.47 Å². The lowest BCUT2D eigenvalue weighted by Crippen LogP contribution is -2.43. The van der Waals surface area contributed by atoms with Crippen molar-refractivity contribution < 1.29 is 19.4 Å². The number of hydrogen-bond acceptors (Lipinski definition) is 4. The number of benzene rings is 2. The Labute approximate surface area is 159 Å². The average molecular weight is 378 g/mol. The van der Waals surface area contributed by atoms with Gasteiger partial charge in [-0.3, -0.25) is 4.79 Å². The molecule has 0 aliphatic rings. The fourth-order valence-electron chi connectivity index (χ4n) is 2.42. The maximum absolute atomic E-state index is 12.4. The van der Waals surface area contributed by atoms with Crippen molar-refractivity contribution in [3.63, 3.8) is 0 Å². The number of hydrogen-bond donors (Lipinski definition) is 1. The van der Waals surface area contributed by atoms with Gasteiger partial charge in [-0.15, -0.1) is 0 Å². The molecule has 5 nitrogen and oxygen atoms in total. The fourth-order valence-corrected chi connectivity index (χ4v) is 2.54. The van der Waals surface area contributed by atoms with Crippen molar-refractivity contribution in [2.45, 2.75) is 26.1 Å². The molecular formula is C20H24ClNO4. The van der Waals surface area contributed by atoms with Crippen LogP contribution in [0.25, 0.3) is 0 Å². The van der Waals surface area contributed by atoms with E-state index in [0.29, 0.717) is 16.5 Å². The normalized spacial score (nSPS) is 13.0. The maximum atomic E-state index is 12.4. The molecule has 6 heteroatoms. The third-order valence-corrected chi connectivity index (χ3v) is 4.26. The van der Waals surface area contributed by atoms with Crippen molar-refractivity contribution >= 4 is 17.5 Å². The lowest BCUT2D eigenvalue weighted by molar-refractivity contribution is -0.138. The molecule has 2 atom stereocenters. The fraction of sp³-hybridized carbons (Fsp3) is 0.350. The van der Waals surface area contributed by atoms with E-state index in [1.165, 1.54) is 4.90 Å². The van der Waals surface area contributed by atoms with E-state index in [0.717, 1.165) is 5.56 Å². The summed E-state index contributed by atoms with van der Waals surface area (Å²) in [4.78, 5) is 13.8. The van der Waals surface area contributed by atoms with Crippen LogP contribution in [0.15, 0.2) is 48.5 Å². The number of carbonyl (C=O) groups excluding carboxylic acids is 1. The summed E-state index contributed by atoms with van der Waals surface area (Å²) in [6.07, 6.45) is -1.46. The Morgan fingerprint density at radius 2 is 1.88 bits per heavy atom. The molecule has 1 amide bonds. The van der Waals surface area contributed by atoms with Gasteiger partial charge in [-0.2, -0.15) is 0 Å². The zero-order valence-electron chi connectivity index (χ0n) is 15.2. The van der Waals surface area contributed by atoms with Gasteiger partial charge in [-0.1, -0.05) is 29.8 Å². The van der Waals surface area contributed by atoms with E-state index in [-0.39, 0.29) is 19.1 Å². The number of aliphatic hydroxyl groups excluding tert-OH is 1. The average Bonchev–Trinajstić information content (AvgIpc) is 2.62. The van der Waals surface area contributed by atoms with E-state index in [4.69, 9.17) is 21.1 Å². The summed E-state index contributed by atoms with van der Waals surface area (Å²) in [5, 5.41) is 10.8. The zero-order chi connectivity index (χ0) is 19.1. The Morgan fingerprint density at radius 3 is 2.54 bits per heavy atom. The standard InChI is InChI=1S/C20H24ClNO4/c1-14-11-18(9-10-19(14)21)25-13-16(23)12-22(3)20(24)15(2)26-17-7-5-4-6-8-17/h4-11,15-16,23H,12-13H2,1-3H3/t15-,16+/m0/s1. The SMILES string of the molecule is Cc1cc(OC[C@H](O)CN(C)C(=O)[C@H](C)Oc2ccccc2)ccc1Cl. The van der Waals surface area contributed by atoms with Gasteiger partial charge in [0.25, 0.3) is 5.91 Å². The van der Waals surface area contributed by atoms with E-state index in [1.807, 2.05) is 25.1 Å². The van der Waals surface area contributed by atoms with Crippen LogP contribution in [0.3, 0.4) is 0 Å². The van der Waals surface area contributed by atoms with E-state index < -0.39 is 12.2 Å². The van der Waals surface area contributed by atoms with E-state index in [2.05, 4.69) is 0 Å². The molecule has 0 aromatic heterocycles. The summed E-state index contributed by atoms with van der Waals surface area (Å²) < 4.78 is 11.2. The minimum atomic E-state index is -0.816. The molecule has 0 aliphatic heterocycles. The van der Waals surface area contributed by atoms with Crippen LogP contribution in [-0.2, 0) is 4.79 Å². The van der Waals surface area contributed by atoms with E-state index in [9.17, 15) is 9.90 Å². The van der Waals surface area contributed by atoms with Crippen molar-refractivity contribution in [3.8, 4) is 11.5 Å². The second kappa shape index (κ2) is 9.46. The minimum Gasteiger partial charge on any atom is -0.491 e. The first-order valence-electron chi connectivity index (χ1n) is 8.40. The number of halogens is 1. The Balaban J connectivity index is 1.80. The van der Waals surface area contributed by atoms with Crippen LogP contribution in [0, 0.1) is 6.92 Å². The molecule has 0 unspecified atom stereocenters. The second-order valence-electron chi connectivity index (χ2n) is 6.17. The highest BCUT2D eigenvalue weighted by atomic mass is 35.5. The number of carbonyl (C=O) groups is 1. The Bertz CT molecular complexity index is 723. The van der Waals surface area contributed by atoms with Crippen LogP contribution >= 0.6 is 11.6 Å². The number of aliphatic hydroxyl groups is 1. The van der Waals surface area contributed by atoms with Gasteiger partial charge in [0, 0.05) is 18.6 Å². The number of aryl methyl sites for hydroxylation is 1. The van der Waals surface area contributed by atoms with Crippen molar-refractivity contribution in [1.29, 1.82) is 0 Å². The topological polar surface area (TPSA) is 59.0 Å². The number of para-hydroxylation sites is 1. The molecule has 26 heavy (non-hydrogen) atoms. The molecule has 0 fully saturated rings. The molecule has 0 radical (unpaired) electrons. The molecule has 0 aliphatic carbocycles. The summed E-state index contributed by atoms with van der Waals surface area (Å²) in [7, 11) is 1.63. The molecule has 0 bridgehead atoms. The largest absolute Gasteiger partial charge is 0.491 e. The van der Waals surface area contributed by atoms with Gasteiger partial charge in [0.05, 0.1) is 0 Å². The molecule has 0 saturated heterocycles. The molecule has 2 rings (SSSR count). The van der Waals surface area contributed by atoms with Crippen LogP contribution in [0.1, 0.15) is 12.5 Å². The first-order valence-corrected chi connectivity index (χ1v) is 8.78. The molecule has 2 aromatic rings. The predicted octanol–water partition coefficient (Wildman–Crippen LogP) is 3.31. The molecule has 1 N–H and O–H groups in total. The van der Waals surface area contributed by atoms with Gasteiger partial charge in [-0.05, 0) is 49.7 Å². The van der Waals surface area contributed by atoms with Gasteiger partial charge in [0.1, 0.15) is 24.2 Å². The summed E-state index contributed by atoms with van der Waals surface area (Å²) >= 11 is 5.97. The lowest BCUT2D eigenvalue weighted by Gasteiger charge is -2.24. The van der Waals surface area contributed by atoms with Gasteiger partial charge < -0.3 is 19.5 Å². The highest BCUT2D eigenvalue weighted by Crippen LogP contribution is 2.21. The summed E-state index contributed by atoms with van der Waals surface area (Å²) in [6.45, 7) is 3.79. The van der Waals surface area contributed by atoms with Crippen LogP contribution in [0.4, 0.5) is 0 Å². The molecule has 0 saturated carbocycles. The molecule has 0 heterocycles. The number of amides is 1. The van der Waals surface area contributed by atoms with Gasteiger partial charge in [0.2, 0.25) is 0 Å². The second-order valence-corrected chi connectivity index (χ2v) is 6.57. The third-order valence-electron chi connectivity index (χ3n) is 3.84. The number of ether oxygens (including phenoxy) is 2. The Hall–Kier alpha value is -2.24. The smallest absolute Gasteiger partial charge is 0.263 e. The first-order chi connectivity index (χ1) is 12.4. The van der Waals surface area contributed by atoms with E-state index >= 15 is 0 Å². The van der Waals surface area contributed by atoms with Crippen LogP contribution in [0.2, 0.25) is 5.02 Å². The first kappa shape index (κ1) is 20.1.